The summed E-state index contributed by atoms with van der Waals surface area (Å²) in [5, 5.41) is 4.13. The Morgan fingerprint density at radius 1 is 1.27 bits per heavy atom. The molecule has 3 N–H and O–H groups in total. The Morgan fingerprint density at radius 3 is 2.86 bits per heavy atom. The fourth-order valence-corrected chi connectivity index (χ4v) is 3.35. The van der Waals surface area contributed by atoms with Crippen molar-refractivity contribution in [3.05, 3.63) is 42.1 Å². The van der Waals surface area contributed by atoms with E-state index in [9.17, 15) is 0 Å². The smallest absolute Gasteiger partial charge is 0.174 e. The van der Waals surface area contributed by atoms with Crippen molar-refractivity contribution in [2.45, 2.75) is 23.5 Å². The van der Waals surface area contributed by atoms with E-state index in [0.717, 1.165) is 29.3 Å². The molecule has 0 saturated heterocycles. The Kier molecular flexibility index (Phi) is 4.31. The van der Waals surface area contributed by atoms with Crippen LogP contribution >= 0.6 is 11.8 Å². The van der Waals surface area contributed by atoms with Gasteiger partial charge in [0.2, 0.25) is 0 Å². The van der Waals surface area contributed by atoms with Gasteiger partial charge in [-0.15, -0.1) is 0 Å². The van der Waals surface area contributed by atoms with Gasteiger partial charge in [-0.25, -0.2) is 9.97 Å². The number of nitrogen functional groups attached to an aromatic ring is 1. The lowest BCUT2D eigenvalue weighted by Crippen LogP contribution is -2.15. The van der Waals surface area contributed by atoms with Crippen LogP contribution in [0.5, 0.6) is 0 Å². The van der Waals surface area contributed by atoms with Crippen molar-refractivity contribution in [2.24, 2.45) is 0 Å². The fourth-order valence-electron chi connectivity index (χ4n) is 2.34. The number of nitrogens with one attached hydrogen (secondary N) is 1. The molecule has 0 saturated carbocycles. The predicted molar refractivity (Wildman–Crippen MR) is 91.2 cm³/mol. The summed E-state index contributed by atoms with van der Waals surface area (Å²) in [6, 6.07) is 10.3. The van der Waals surface area contributed by atoms with Gasteiger partial charge in [-0.05, 0) is 31.7 Å². The van der Waals surface area contributed by atoms with Crippen molar-refractivity contribution in [3.63, 3.8) is 0 Å². The summed E-state index contributed by atoms with van der Waals surface area (Å²) in [7, 11) is 1.95. The highest BCUT2D eigenvalue weighted by molar-refractivity contribution is 7.99. The predicted octanol–water partition coefficient (Wildman–Crippen LogP) is 2.69. The monoisotopic (exact) mass is 313 g/mol. The van der Waals surface area contributed by atoms with Gasteiger partial charge in [-0.3, -0.25) is 0 Å². The third kappa shape index (κ3) is 2.80. The summed E-state index contributed by atoms with van der Waals surface area (Å²) >= 11 is 1.67. The quantitative estimate of drug-likeness (QED) is 0.758. The zero-order valence-electron chi connectivity index (χ0n) is 12.7. The van der Waals surface area contributed by atoms with Crippen LogP contribution in [0.1, 0.15) is 5.56 Å². The molecule has 2 heterocycles. The largest absolute Gasteiger partial charge is 0.382 e. The number of fused-ring (bicyclic) bond motifs is 1. The lowest BCUT2D eigenvalue weighted by atomic mass is 10.2. The Morgan fingerprint density at radius 2 is 2.09 bits per heavy atom. The maximum atomic E-state index is 5.98. The average Bonchev–Trinajstić information content (AvgIpc) is 2.86. The highest BCUT2D eigenvalue weighted by Gasteiger charge is 2.14. The molecule has 0 fully saturated rings. The number of anilines is 1. The first-order valence-corrected chi connectivity index (χ1v) is 8.01. The Labute approximate surface area is 134 Å². The minimum atomic E-state index is 0.479. The van der Waals surface area contributed by atoms with Crippen LogP contribution in [0.2, 0.25) is 0 Å². The third-order valence-corrected chi connectivity index (χ3v) is 4.71. The van der Waals surface area contributed by atoms with Crippen molar-refractivity contribution in [2.75, 3.05) is 19.3 Å². The van der Waals surface area contributed by atoms with Crippen molar-refractivity contribution >= 4 is 28.6 Å². The molecule has 0 amide bonds. The van der Waals surface area contributed by atoms with Crippen molar-refractivity contribution in [3.8, 4) is 0 Å². The van der Waals surface area contributed by atoms with E-state index < -0.39 is 0 Å². The molecule has 114 valence electrons. The number of aryl methyl sites for hydroxylation is 1. The lowest BCUT2D eigenvalue weighted by Gasteiger charge is -2.09. The topological polar surface area (TPSA) is 68.8 Å². The van der Waals surface area contributed by atoms with Gasteiger partial charge in [0.1, 0.15) is 5.52 Å². The maximum Gasteiger partial charge on any atom is 0.174 e. The van der Waals surface area contributed by atoms with Crippen molar-refractivity contribution in [1.82, 2.24) is 19.9 Å². The molecule has 22 heavy (non-hydrogen) atoms. The second-order valence-corrected chi connectivity index (χ2v) is 6.09. The number of nitrogens with zero attached hydrogens (tertiary/aromatic N) is 3. The van der Waals surface area contributed by atoms with E-state index in [1.165, 1.54) is 10.5 Å². The Hall–Kier alpha value is -2.05. The number of rotatable bonds is 5. The number of pyridine rings is 1. The standard InChI is InChI=1S/C16H19N5S/c1-11-5-3-4-6-13(11)22-16-20-14-12(7-8-19-15(14)17)21(16)10-9-18-2/h3-8,18H,9-10H2,1-2H3,(H2,17,19). The van der Waals surface area contributed by atoms with Gasteiger partial charge in [-0.2, -0.15) is 0 Å². The second kappa shape index (κ2) is 6.37. The minimum Gasteiger partial charge on any atom is -0.382 e. The zero-order chi connectivity index (χ0) is 15.5. The molecule has 0 aliphatic rings. The zero-order valence-corrected chi connectivity index (χ0v) is 13.5. The molecule has 0 radical (unpaired) electrons. The van der Waals surface area contributed by atoms with E-state index in [1.54, 1.807) is 18.0 Å². The van der Waals surface area contributed by atoms with Crippen LogP contribution in [-0.4, -0.2) is 28.1 Å². The molecule has 0 spiro atoms. The summed E-state index contributed by atoms with van der Waals surface area (Å²) in [5.74, 6) is 0.479. The number of hydrogen-bond donors (Lipinski definition) is 2. The van der Waals surface area contributed by atoms with Crippen LogP contribution < -0.4 is 11.1 Å². The number of aromatic nitrogens is 3. The molecule has 0 bridgehead atoms. The molecule has 3 rings (SSSR count). The van der Waals surface area contributed by atoms with Gasteiger partial charge in [0.05, 0.1) is 5.52 Å². The van der Waals surface area contributed by atoms with E-state index in [4.69, 9.17) is 10.7 Å². The summed E-state index contributed by atoms with van der Waals surface area (Å²) < 4.78 is 2.20. The Balaban J connectivity index is 2.07. The van der Waals surface area contributed by atoms with Gasteiger partial charge >= 0.3 is 0 Å². The molecule has 0 unspecified atom stereocenters. The van der Waals surface area contributed by atoms with Gasteiger partial charge in [-0.1, -0.05) is 30.0 Å². The van der Waals surface area contributed by atoms with E-state index in [-0.39, 0.29) is 0 Å². The van der Waals surface area contributed by atoms with Gasteiger partial charge in [0.15, 0.2) is 11.0 Å². The summed E-state index contributed by atoms with van der Waals surface area (Å²) in [6.07, 6.45) is 1.73. The van der Waals surface area contributed by atoms with Crippen molar-refractivity contribution < 1.29 is 0 Å². The number of benzene rings is 1. The van der Waals surface area contributed by atoms with E-state index >= 15 is 0 Å². The Bertz CT molecular complexity index is 796. The summed E-state index contributed by atoms with van der Waals surface area (Å²) in [6.45, 7) is 3.82. The van der Waals surface area contributed by atoms with Crippen LogP contribution in [-0.2, 0) is 6.54 Å². The van der Waals surface area contributed by atoms with Gasteiger partial charge in [0.25, 0.3) is 0 Å². The molecular formula is C16H19N5S. The molecule has 2 aromatic heterocycles. The summed E-state index contributed by atoms with van der Waals surface area (Å²) in [5.41, 5.74) is 9.02. The molecule has 0 aliphatic carbocycles. The van der Waals surface area contributed by atoms with Crippen LogP contribution in [0.15, 0.2) is 46.6 Å². The highest BCUT2D eigenvalue weighted by atomic mass is 32.2. The van der Waals surface area contributed by atoms with Crippen LogP contribution in [0.3, 0.4) is 0 Å². The number of nitrogens with two attached hydrogens (primary N) is 1. The fraction of sp³-hybridized carbons (Fsp3) is 0.250. The van der Waals surface area contributed by atoms with E-state index in [0.29, 0.717) is 5.82 Å². The molecular weight excluding hydrogens is 294 g/mol. The van der Waals surface area contributed by atoms with Crippen LogP contribution in [0, 0.1) is 6.92 Å². The second-order valence-electron chi connectivity index (χ2n) is 5.08. The highest BCUT2D eigenvalue weighted by Crippen LogP contribution is 2.32. The minimum absolute atomic E-state index is 0.479. The molecule has 0 aliphatic heterocycles. The van der Waals surface area contributed by atoms with Gasteiger partial charge in [0, 0.05) is 24.2 Å². The number of hydrogen-bond acceptors (Lipinski definition) is 5. The lowest BCUT2D eigenvalue weighted by molar-refractivity contribution is 0.614. The first kappa shape index (κ1) is 14.9. The first-order valence-electron chi connectivity index (χ1n) is 7.19. The average molecular weight is 313 g/mol. The van der Waals surface area contributed by atoms with Crippen molar-refractivity contribution in [1.29, 1.82) is 0 Å². The maximum absolute atomic E-state index is 5.98. The number of imidazole rings is 1. The molecule has 5 nitrogen and oxygen atoms in total. The van der Waals surface area contributed by atoms with Crippen LogP contribution in [0.4, 0.5) is 5.82 Å². The van der Waals surface area contributed by atoms with Gasteiger partial charge < -0.3 is 15.6 Å². The van der Waals surface area contributed by atoms with E-state index in [1.807, 2.05) is 25.2 Å². The normalized spacial score (nSPS) is 11.2. The molecule has 1 aromatic carbocycles. The third-order valence-electron chi connectivity index (χ3n) is 3.54. The van der Waals surface area contributed by atoms with Crippen LogP contribution in [0.25, 0.3) is 11.0 Å². The van der Waals surface area contributed by atoms with E-state index in [2.05, 4.69) is 33.9 Å². The molecule has 0 atom stereocenters. The first-order chi connectivity index (χ1) is 10.7. The molecule has 6 heteroatoms. The summed E-state index contributed by atoms with van der Waals surface area (Å²) in [4.78, 5) is 10.1. The SMILES string of the molecule is CNCCn1c(Sc2ccccc2C)nc2c(N)nccc21. The number of likely N-dealkylation sites (N-methyl/N-ethyl adjacent to an activating group) is 1. The molecule has 3 aromatic rings.